The summed E-state index contributed by atoms with van der Waals surface area (Å²) in [5.74, 6) is 0.801. The summed E-state index contributed by atoms with van der Waals surface area (Å²) in [5, 5.41) is 2.94. The molecule has 0 heterocycles. The van der Waals surface area contributed by atoms with Crippen molar-refractivity contribution in [2.75, 3.05) is 6.54 Å². The second kappa shape index (κ2) is 7.38. The lowest BCUT2D eigenvalue weighted by Crippen LogP contribution is -2.26. The van der Waals surface area contributed by atoms with E-state index in [4.69, 9.17) is 0 Å². The minimum absolute atomic E-state index is 0.0978. The van der Waals surface area contributed by atoms with Gasteiger partial charge in [-0.15, -0.1) is 12.6 Å². The molecule has 0 fully saturated rings. The molecule has 2 nitrogen and oxygen atoms in total. The Kier molecular flexibility index (Phi) is 6.12. The molecule has 0 radical (unpaired) electrons. The molecular formula is C14H21NOS. The van der Waals surface area contributed by atoms with Gasteiger partial charge >= 0.3 is 0 Å². The number of amides is 1. The maximum atomic E-state index is 11.6. The predicted octanol–water partition coefficient (Wildman–Crippen LogP) is 3.07. The number of thiol groups is 1. The third-order valence-corrected chi connectivity index (χ3v) is 2.88. The molecule has 1 amide bonds. The molecule has 0 aromatic heterocycles. The van der Waals surface area contributed by atoms with Gasteiger partial charge in [0.25, 0.3) is 0 Å². The fourth-order valence-corrected chi connectivity index (χ4v) is 1.75. The summed E-state index contributed by atoms with van der Waals surface area (Å²) in [7, 11) is 0. The third kappa shape index (κ3) is 6.37. The highest BCUT2D eigenvalue weighted by Gasteiger charge is 2.02. The first kappa shape index (κ1) is 14.1. The summed E-state index contributed by atoms with van der Waals surface area (Å²) >= 11 is 4.21. The van der Waals surface area contributed by atoms with Crippen LogP contribution in [0.15, 0.2) is 29.2 Å². The normalized spacial score (nSPS) is 10.6. The molecule has 1 N–H and O–H groups in total. The van der Waals surface area contributed by atoms with Crippen molar-refractivity contribution in [2.24, 2.45) is 5.92 Å². The van der Waals surface area contributed by atoms with E-state index < -0.39 is 0 Å². The second-order valence-electron chi connectivity index (χ2n) is 4.73. The van der Waals surface area contributed by atoms with Gasteiger partial charge in [0.15, 0.2) is 0 Å². The average molecular weight is 251 g/mol. The molecule has 0 spiro atoms. The van der Waals surface area contributed by atoms with E-state index in [1.165, 1.54) is 0 Å². The van der Waals surface area contributed by atoms with Gasteiger partial charge in [0, 0.05) is 11.4 Å². The number of carbonyl (C=O) groups excluding carboxylic acids is 1. The summed E-state index contributed by atoms with van der Waals surface area (Å²) < 4.78 is 0. The lowest BCUT2D eigenvalue weighted by molar-refractivity contribution is -0.120. The first-order valence-electron chi connectivity index (χ1n) is 6.12. The number of benzene rings is 1. The van der Waals surface area contributed by atoms with E-state index in [2.05, 4.69) is 31.8 Å². The molecule has 1 rings (SSSR count). The van der Waals surface area contributed by atoms with Crippen molar-refractivity contribution >= 4 is 18.5 Å². The number of hydrogen-bond acceptors (Lipinski definition) is 2. The molecule has 0 unspecified atom stereocenters. The smallest absolute Gasteiger partial charge is 0.224 e. The van der Waals surface area contributed by atoms with Gasteiger partial charge in [-0.3, -0.25) is 4.79 Å². The Morgan fingerprint density at radius 1 is 1.29 bits per heavy atom. The highest BCUT2D eigenvalue weighted by atomic mass is 32.1. The fourth-order valence-electron chi connectivity index (χ4n) is 1.60. The van der Waals surface area contributed by atoms with Crippen LogP contribution in [-0.2, 0) is 11.2 Å². The molecule has 0 atom stereocenters. The van der Waals surface area contributed by atoms with Crippen LogP contribution < -0.4 is 5.32 Å². The van der Waals surface area contributed by atoms with Gasteiger partial charge in [-0.05, 0) is 36.5 Å². The highest BCUT2D eigenvalue weighted by Crippen LogP contribution is 2.08. The zero-order chi connectivity index (χ0) is 12.7. The molecule has 1 aromatic rings. The molecular weight excluding hydrogens is 230 g/mol. The summed E-state index contributed by atoms with van der Waals surface area (Å²) in [5.41, 5.74) is 1.03. The number of carbonyl (C=O) groups is 1. The maximum Gasteiger partial charge on any atom is 0.224 e. The van der Waals surface area contributed by atoms with Crippen LogP contribution in [-0.4, -0.2) is 12.5 Å². The van der Waals surface area contributed by atoms with Gasteiger partial charge in [-0.2, -0.15) is 0 Å². The van der Waals surface area contributed by atoms with E-state index in [1.807, 2.05) is 24.3 Å². The first-order valence-corrected chi connectivity index (χ1v) is 6.57. The molecule has 0 bridgehead atoms. The fraction of sp³-hybridized carbons (Fsp3) is 0.500. The quantitative estimate of drug-likeness (QED) is 0.590. The predicted molar refractivity (Wildman–Crippen MR) is 74.5 cm³/mol. The first-order chi connectivity index (χ1) is 8.08. The van der Waals surface area contributed by atoms with Crippen LogP contribution in [0.1, 0.15) is 32.3 Å². The topological polar surface area (TPSA) is 29.1 Å². The van der Waals surface area contributed by atoms with E-state index in [9.17, 15) is 4.79 Å². The standard InChI is InChI=1S/C14H21NOS/c1-11(2)4-3-9-15-14(16)10-12-5-7-13(17)8-6-12/h5-8,11,17H,3-4,9-10H2,1-2H3,(H,15,16). The van der Waals surface area contributed by atoms with E-state index in [0.29, 0.717) is 12.3 Å². The molecule has 0 aliphatic rings. The molecule has 0 aliphatic carbocycles. The van der Waals surface area contributed by atoms with Gasteiger partial charge in [0.2, 0.25) is 5.91 Å². The van der Waals surface area contributed by atoms with Gasteiger partial charge in [-0.1, -0.05) is 26.0 Å². The van der Waals surface area contributed by atoms with Crippen molar-refractivity contribution in [3.05, 3.63) is 29.8 Å². The van der Waals surface area contributed by atoms with E-state index in [0.717, 1.165) is 29.8 Å². The number of nitrogens with one attached hydrogen (secondary N) is 1. The Bertz CT molecular complexity index is 346. The van der Waals surface area contributed by atoms with Gasteiger partial charge in [-0.25, -0.2) is 0 Å². The largest absolute Gasteiger partial charge is 0.356 e. The van der Waals surface area contributed by atoms with Crippen molar-refractivity contribution in [2.45, 2.75) is 38.0 Å². The molecule has 0 saturated heterocycles. The minimum Gasteiger partial charge on any atom is -0.356 e. The van der Waals surface area contributed by atoms with Crippen LogP contribution >= 0.6 is 12.6 Å². The van der Waals surface area contributed by atoms with Crippen molar-refractivity contribution < 1.29 is 4.79 Å². The van der Waals surface area contributed by atoms with Gasteiger partial charge in [0.05, 0.1) is 6.42 Å². The maximum absolute atomic E-state index is 11.6. The minimum atomic E-state index is 0.0978. The molecule has 3 heteroatoms. The van der Waals surface area contributed by atoms with Gasteiger partial charge < -0.3 is 5.32 Å². The highest BCUT2D eigenvalue weighted by molar-refractivity contribution is 7.80. The Morgan fingerprint density at radius 2 is 1.94 bits per heavy atom. The van der Waals surface area contributed by atoms with Crippen LogP contribution in [0.5, 0.6) is 0 Å². The van der Waals surface area contributed by atoms with Crippen molar-refractivity contribution in [1.82, 2.24) is 5.32 Å². The third-order valence-electron chi connectivity index (χ3n) is 2.58. The van der Waals surface area contributed by atoms with Crippen LogP contribution in [0.2, 0.25) is 0 Å². The van der Waals surface area contributed by atoms with Crippen LogP contribution in [0.25, 0.3) is 0 Å². The van der Waals surface area contributed by atoms with Crippen molar-refractivity contribution in [3.63, 3.8) is 0 Å². The Balaban J connectivity index is 2.23. The van der Waals surface area contributed by atoms with E-state index in [1.54, 1.807) is 0 Å². The van der Waals surface area contributed by atoms with Crippen molar-refractivity contribution in [3.8, 4) is 0 Å². The lowest BCUT2D eigenvalue weighted by atomic mass is 10.1. The second-order valence-corrected chi connectivity index (χ2v) is 5.25. The SMILES string of the molecule is CC(C)CCCNC(=O)Cc1ccc(S)cc1. The Hall–Kier alpha value is -0.960. The molecule has 94 valence electrons. The summed E-state index contributed by atoms with van der Waals surface area (Å²) in [6.07, 6.45) is 2.67. The van der Waals surface area contributed by atoms with Crippen molar-refractivity contribution in [1.29, 1.82) is 0 Å². The zero-order valence-corrected chi connectivity index (χ0v) is 11.5. The Labute approximate surface area is 109 Å². The molecule has 0 aliphatic heterocycles. The van der Waals surface area contributed by atoms with E-state index in [-0.39, 0.29) is 5.91 Å². The van der Waals surface area contributed by atoms with E-state index >= 15 is 0 Å². The monoisotopic (exact) mass is 251 g/mol. The summed E-state index contributed by atoms with van der Waals surface area (Å²) in [6, 6.07) is 7.70. The average Bonchev–Trinajstić information content (AvgIpc) is 2.27. The van der Waals surface area contributed by atoms with Crippen LogP contribution in [0.4, 0.5) is 0 Å². The molecule has 0 saturated carbocycles. The summed E-state index contributed by atoms with van der Waals surface area (Å²) in [6.45, 7) is 5.17. The lowest BCUT2D eigenvalue weighted by Gasteiger charge is -2.07. The summed E-state index contributed by atoms with van der Waals surface area (Å²) in [4.78, 5) is 12.5. The van der Waals surface area contributed by atoms with Gasteiger partial charge in [0.1, 0.15) is 0 Å². The van der Waals surface area contributed by atoms with Crippen LogP contribution in [0, 0.1) is 5.92 Å². The Morgan fingerprint density at radius 3 is 2.53 bits per heavy atom. The zero-order valence-electron chi connectivity index (χ0n) is 10.6. The number of rotatable bonds is 6. The van der Waals surface area contributed by atoms with Crippen LogP contribution in [0.3, 0.4) is 0 Å². The molecule has 1 aromatic carbocycles. The molecule has 17 heavy (non-hydrogen) atoms. The number of hydrogen-bond donors (Lipinski definition) is 2.